The van der Waals surface area contributed by atoms with Crippen molar-refractivity contribution in [2.45, 2.75) is 24.4 Å². The van der Waals surface area contributed by atoms with Crippen LogP contribution < -0.4 is 5.32 Å². The van der Waals surface area contributed by atoms with Crippen LogP contribution in [0.3, 0.4) is 0 Å². The van der Waals surface area contributed by atoms with Crippen LogP contribution in [0.5, 0.6) is 0 Å². The number of carbonyl (C=O) groups is 3. The van der Waals surface area contributed by atoms with Gasteiger partial charge in [0.05, 0.1) is 12.5 Å². The fraction of sp³-hybridized carbons (Fsp3) is 0.400. The Hall–Kier alpha value is -2.44. The summed E-state index contributed by atoms with van der Waals surface area (Å²) in [5.74, 6) is -2.92. The van der Waals surface area contributed by atoms with Gasteiger partial charge in [-0.2, -0.15) is 0 Å². The van der Waals surface area contributed by atoms with Gasteiger partial charge in [0.2, 0.25) is 17.5 Å². The van der Waals surface area contributed by atoms with Gasteiger partial charge in [0, 0.05) is 25.1 Å². The average Bonchev–Trinajstić information content (AvgIpc) is 2.89. The number of fused-ring (bicyclic) bond motifs is 1. The van der Waals surface area contributed by atoms with Gasteiger partial charge < -0.3 is 15.3 Å². The molecule has 2 amide bonds. The first kappa shape index (κ1) is 14.5. The summed E-state index contributed by atoms with van der Waals surface area (Å²) in [6, 6.07) is 6.96. The molecule has 1 aromatic carbocycles. The predicted octanol–water partition coefficient (Wildman–Crippen LogP) is 1.14. The number of halogens is 1. The number of para-hydroxylation sites is 1. The molecule has 0 radical (unpaired) electrons. The third kappa shape index (κ3) is 2.32. The number of benzene rings is 1. The zero-order chi connectivity index (χ0) is 15.9. The number of carboxylic acid groups (broad SMARTS) is 1. The maximum Gasteiger partial charge on any atom is 0.343 e. The molecule has 22 heavy (non-hydrogen) atoms. The van der Waals surface area contributed by atoms with Crippen molar-refractivity contribution in [3.63, 3.8) is 0 Å². The summed E-state index contributed by atoms with van der Waals surface area (Å²) >= 11 is 0. The van der Waals surface area contributed by atoms with Crippen molar-refractivity contribution in [1.29, 1.82) is 0 Å². The minimum absolute atomic E-state index is 0.0152. The molecular formula is C15H15FN2O4. The summed E-state index contributed by atoms with van der Waals surface area (Å²) < 4.78 is 14.1. The first-order valence-corrected chi connectivity index (χ1v) is 7.00. The van der Waals surface area contributed by atoms with E-state index in [1.807, 2.05) is 0 Å². The van der Waals surface area contributed by atoms with E-state index < -0.39 is 30.0 Å². The summed E-state index contributed by atoms with van der Waals surface area (Å²) in [5, 5.41) is 11.6. The van der Waals surface area contributed by atoms with Crippen LogP contribution in [-0.2, 0) is 14.4 Å². The van der Waals surface area contributed by atoms with Crippen molar-refractivity contribution in [3.8, 4) is 0 Å². The summed E-state index contributed by atoms with van der Waals surface area (Å²) in [6.45, 7) is -0.427. The van der Waals surface area contributed by atoms with Crippen LogP contribution in [0.4, 0.5) is 10.1 Å². The third-order valence-corrected chi connectivity index (χ3v) is 4.21. The highest BCUT2D eigenvalue weighted by molar-refractivity contribution is 6.01. The van der Waals surface area contributed by atoms with E-state index in [0.29, 0.717) is 11.3 Å². The van der Waals surface area contributed by atoms with Gasteiger partial charge in [-0.3, -0.25) is 9.59 Å². The van der Waals surface area contributed by atoms with Crippen LogP contribution in [0.1, 0.15) is 24.3 Å². The smallest absolute Gasteiger partial charge is 0.343 e. The van der Waals surface area contributed by atoms with E-state index in [0.717, 1.165) is 0 Å². The summed E-state index contributed by atoms with van der Waals surface area (Å²) in [7, 11) is 0. The molecule has 2 aliphatic heterocycles. The van der Waals surface area contributed by atoms with Crippen LogP contribution in [0, 0.1) is 0 Å². The Morgan fingerprint density at radius 3 is 2.77 bits per heavy atom. The molecule has 1 aromatic rings. The molecule has 6 nitrogen and oxygen atoms in total. The molecule has 1 saturated heterocycles. The van der Waals surface area contributed by atoms with E-state index in [2.05, 4.69) is 5.32 Å². The number of likely N-dealkylation sites (tertiary alicyclic amines) is 1. The SMILES string of the molecule is O=C1CC(C(=O)N2CCC(F)(C(=O)O)C2)c2ccccc2N1. The lowest BCUT2D eigenvalue weighted by Crippen LogP contribution is -2.41. The normalized spacial score (nSPS) is 27.2. The van der Waals surface area contributed by atoms with Gasteiger partial charge >= 0.3 is 5.97 Å². The minimum Gasteiger partial charge on any atom is -0.479 e. The molecule has 3 rings (SSSR count). The fourth-order valence-corrected chi connectivity index (χ4v) is 2.99. The number of hydrogen-bond acceptors (Lipinski definition) is 3. The molecule has 2 unspecified atom stereocenters. The van der Waals surface area contributed by atoms with Gasteiger partial charge in [-0.15, -0.1) is 0 Å². The summed E-state index contributed by atoms with van der Waals surface area (Å²) in [5.41, 5.74) is -1.15. The number of aliphatic carboxylic acids is 1. The highest BCUT2D eigenvalue weighted by atomic mass is 19.1. The van der Waals surface area contributed by atoms with Gasteiger partial charge in [-0.25, -0.2) is 9.18 Å². The quantitative estimate of drug-likeness (QED) is 0.858. The Bertz CT molecular complexity index is 663. The van der Waals surface area contributed by atoms with Crippen molar-refractivity contribution >= 4 is 23.5 Å². The molecule has 2 aliphatic rings. The van der Waals surface area contributed by atoms with Crippen LogP contribution in [0.2, 0.25) is 0 Å². The Kier molecular flexibility index (Phi) is 3.35. The molecule has 0 saturated carbocycles. The van der Waals surface area contributed by atoms with E-state index in [-0.39, 0.29) is 25.3 Å². The molecule has 0 aliphatic carbocycles. The Morgan fingerprint density at radius 1 is 1.36 bits per heavy atom. The van der Waals surface area contributed by atoms with Crippen LogP contribution in [0.25, 0.3) is 0 Å². The molecular weight excluding hydrogens is 291 g/mol. The zero-order valence-corrected chi connectivity index (χ0v) is 11.7. The van der Waals surface area contributed by atoms with E-state index in [1.165, 1.54) is 4.90 Å². The van der Waals surface area contributed by atoms with Crippen molar-refractivity contribution in [2.75, 3.05) is 18.4 Å². The minimum atomic E-state index is -2.40. The van der Waals surface area contributed by atoms with E-state index in [1.54, 1.807) is 24.3 Å². The number of carboxylic acids is 1. The van der Waals surface area contributed by atoms with Crippen molar-refractivity contribution in [2.24, 2.45) is 0 Å². The van der Waals surface area contributed by atoms with E-state index in [9.17, 15) is 18.8 Å². The van der Waals surface area contributed by atoms with Crippen LogP contribution in [-0.4, -0.2) is 46.5 Å². The second kappa shape index (κ2) is 5.08. The number of alkyl halides is 1. The average molecular weight is 306 g/mol. The number of rotatable bonds is 2. The monoisotopic (exact) mass is 306 g/mol. The molecule has 2 atom stereocenters. The lowest BCUT2D eigenvalue weighted by atomic mass is 9.89. The third-order valence-electron chi connectivity index (χ3n) is 4.21. The van der Waals surface area contributed by atoms with Gasteiger partial charge in [0.1, 0.15) is 0 Å². The fourth-order valence-electron chi connectivity index (χ4n) is 2.99. The van der Waals surface area contributed by atoms with E-state index >= 15 is 0 Å². The highest BCUT2D eigenvalue weighted by Gasteiger charge is 2.48. The highest BCUT2D eigenvalue weighted by Crippen LogP contribution is 2.35. The number of hydrogen-bond donors (Lipinski definition) is 2. The van der Waals surface area contributed by atoms with Gasteiger partial charge in [-0.05, 0) is 11.6 Å². The molecule has 0 bridgehead atoms. The van der Waals surface area contributed by atoms with Crippen LogP contribution in [0.15, 0.2) is 24.3 Å². The maximum atomic E-state index is 14.1. The number of carbonyl (C=O) groups excluding carboxylic acids is 2. The topological polar surface area (TPSA) is 86.7 Å². The summed E-state index contributed by atoms with van der Waals surface area (Å²) in [4.78, 5) is 36.5. The zero-order valence-electron chi connectivity index (χ0n) is 11.7. The number of amides is 2. The molecule has 2 N–H and O–H groups in total. The Labute approximate surface area is 125 Å². The van der Waals surface area contributed by atoms with Crippen molar-refractivity contribution < 1.29 is 23.9 Å². The Balaban J connectivity index is 1.85. The predicted molar refractivity (Wildman–Crippen MR) is 75.1 cm³/mol. The van der Waals surface area contributed by atoms with Crippen molar-refractivity contribution in [1.82, 2.24) is 4.90 Å². The number of anilines is 1. The van der Waals surface area contributed by atoms with Gasteiger partial charge in [0.25, 0.3) is 0 Å². The maximum absolute atomic E-state index is 14.1. The van der Waals surface area contributed by atoms with Crippen LogP contribution >= 0.6 is 0 Å². The molecule has 1 fully saturated rings. The largest absolute Gasteiger partial charge is 0.479 e. The second-order valence-electron chi connectivity index (χ2n) is 5.67. The standard InChI is InChI=1S/C15H15FN2O4/c16-15(14(21)22)5-6-18(8-15)13(20)10-7-12(19)17-11-4-2-1-3-9(10)11/h1-4,10H,5-8H2,(H,17,19)(H,21,22). The molecule has 116 valence electrons. The first-order valence-electron chi connectivity index (χ1n) is 7.00. The van der Waals surface area contributed by atoms with Gasteiger partial charge in [0.15, 0.2) is 0 Å². The first-order chi connectivity index (χ1) is 10.4. The van der Waals surface area contributed by atoms with Gasteiger partial charge in [-0.1, -0.05) is 18.2 Å². The summed E-state index contributed by atoms with van der Waals surface area (Å²) in [6.07, 6.45) is -0.243. The number of nitrogens with zero attached hydrogens (tertiary/aromatic N) is 1. The second-order valence-corrected chi connectivity index (χ2v) is 5.67. The number of nitrogens with one attached hydrogen (secondary N) is 1. The molecule has 2 heterocycles. The lowest BCUT2D eigenvalue weighted by Gasteiger charge is -2.28. The molecule has 0 spiro atoms. The molecule has 7 heteroatoms. The molecule has 0 aromatic heterocycles. The Morgan fingerprint density at radius 2 is 2.09 bits per heavy atom. The van der Waals surface area contributed by atoms with Crippen molar-refractivity contribution in [3.05, 3.63) is 29.8 Å². The van der Waals surface area contributed by atoms with E-state index in [4.69, 9.17) is 5.11 Å². The lowest BCUT2D eigenvalue weighted by molar-refractivity contribution is -0.150.